The molecule has 0 aliphatic heterocycles. The highest BCUT2D eigenvalue weighted by atomic mass is 35.5. The molecule has 0 aliphatic carbocycles. The van der Waals surface area contributed by atoms with Crippen LogP contribution in [0.4, 0.5) is 5.82 Å². The van der Waals surface area contributed by atoms with Gasteiger partial charge in [0, 0.05) is 31.6 Å². The molecule has 0 aliphatic rings. The molecule has 5 heteroatoms. The molecule has 0 unspecified atom stereocenters. The number of rotatable bonds is 7. The number of amides is 1. The number of unbranched alkanes of at least 4 members (excludes halogenated alkanes) is 2. The lowest BCUT2D eigenvalue weighted by Crippen LogP contribution is -2.12. The monoisotopic (exact) mass is 291 g/mol. The maximum atomic E-state index is 11.7. The summed E-state index contributed by atoms with van der Waals surface area (Å²) >= 11 is 5.73. The second kappa shape index (κ2) is 7.70. The van der Waals surface area contributed by atoms with Gasteiger partial charge in [-0.15, -0.1) is 0 Å². The van der Waals surface area contributed by atoms with Gasteiger partial charge in [0.1, 0.15) is 5.82 Å². The Labute approximate surface area is 123 Å². The molecule has 2 heterocycles. The Kier molecular flexibility index (Phi) is 5.62. The minimum Gasteiger partial charge on any atom is -0.354 e. The molecule has 0 fully saturated rings. The van der Waals surface area contributed by atoms with Crippen molar-refractivity contribution in [1.82, 2.24) is 9.55 Å². The first-order valence-electron chi connectivity index (χ1n) is 6.76. The molecule has 0 saturated heterocycles. The zero-order chi connectivity index (χ0) is 14.2. The summed E-state index contributed by atoms with van der Waals surface area (Å²) in [5.74, 6) is 0.549. The number of pyridine rings is 1. The Balaban J connectivity index is 1.59. The van der Waals surface area contributed by atoms with Crippen molar-refractivity contribution in [3.05, 3.63) is 47.9 Å². The van der Waals surface area contributed by atoms with Crippen LogP contribution in [-0.4, -0.2) is 15.5 Å². The fourth-order valence-corrected chi connectivity index (χ4v) is 2.04. The molecule has 106 valence electrons. The SMILES string of the molecule is O=C(CCCCCn1cccc1)Nc1ccc(Cl)cn1. The van der Waals surface area contributed by atoms with E-state index in [1.807, 2.05) is 12.1 Å². The molecule has 2 aromatic rings. The van der Waals surface area contributed by atoms with E-state index < -0.39 is 0 Å². The Bertz CT molecular complexity index is 523. The minimum atomic E-state index is 0.000728. The van der Waals surface area contributed by atoms with Crippen molar-refractivity contribution in [2.45, 2.75) is 32.2 Å². The molecule has 1 N–H and O–H groups in total. The Hall–Kier alpha value is -1.81. The van der Waals surface area contributed by atoms with E-state index in [0.717, 1.165) is 25.8 Å². The van der Waals surface area contributed by atoms with Crippen LogP contribution >= 0.6 is 11.6 Å². The third-order valence-corrected chi connectivity index (χ3v) is 3.20. The van der Waals surface area contributed by atoms with Crippen LogP contribution in [0.3, 0.4) is 0 Å². The van der Waals surface area contributed by atoms with Crippen molar-refractivity contribution in [3.8, 4) is 0 Å². The van der Waals surface area contributed by atoms with Crippen LogP contribution in [0.1, 0.15) is 25.7 Å². The van der Waals surface area contributed by atoms with Gasteiger partial charge in [-0.2, -0.15) is 0 Å². The lowest BCUT2D eigenvalue weighted by Gasteiger charge is -2.05. The fraction of sp³-hybridized carbons (Fsp3) is 0.333. The van der Waals surface area contributed by atoms with Crippen LogP contribution < -0.4 is 5.32 Å². The molecule has 2 aromatic heterocycles. The normalized spacial score (nSPS) is 10.4. The average molecular weight is 292 g/mol. The highest BCUT2D eigenvalue weighted by molar-refractivity contribution is 6.30. The average Bonchev–Trinajstić information content (AvgIpc) is 2.94. The summed E-state index contributed by atoms with van der Waals surface area (Å²) in [6, 6.07) is 7.45. The summed E-state index contributed by atoms with van der Waals surface area (Å²) in [6.45, 7) is 1.01. The molecule has 0 saturated carbocycles. The number of halogens is 1. The molecule has 4 nitrogen and oxygen atoms in total. The molecule has 20 heavy (non-hydrogen) atoms. The zero-order valence-corrected chi connectivity index (χ0v) is 12.0. The quantitative estimate of drug-likeness (QED) is 0.790. The van der Waals surface area contributed by atoms with Gasteiger partial charge in [-0.25, -0.2) is 4.98 Å². The lowest BCUT2D eigenvalue weighted by molar-refractivity contribution is -0.116. The lowest BCUT2D eigenvalue weighted by atomic mass is 10.2. The summed E-state index contributed by atoms with van der Waals surface area (Å²) in [5.41, 5.74) is 0. The summed E-state index contributed by atoms with van der Waals surface area (Å²) in [5, 5.41) is 3.32. The molecule has 1 amide bonds. The first kappa shape index (κ1) is 14.6. The second-order valence-electron chi connectivity index (χ2n) is 4.64. The van der Waals surface area contributed by atoms with E-state index in [0.29, 0.717) is 17.3 Å². The standard InChI is InChI=1S/C15H18ClN3O/c16-13-7-8-14(17-12-13)18-15(20)6-2-1-3-9-19-10-4-5-11-19/h4-5,7-8,10-12H,1-3,6,9H2,(H,17,18,20). The number of hydrogen-bond donors (Lipinski definition) is 1. The number of carbonyl (C=O) groups excluding carboxylic acids is 1. The van der Waals surface area contributed by atoms with Gasteiger partial charge in [-0.05, 0) is 37.1 Å². The number of nitrogens with one attached hydrogen (secondary N) is 1. The minimum absolute atomic E-state index is 0.000728. The van der Waals surface area contributed by atoms with Gasteiger partial charge in [0.2, 0.25) is 5.91 Å². The smallest absolute Gasteiger partial charge is 0.225 e. The summed E-state index contributed by atoms with van der Waals surface area (Å²) in [7, 11) is 0. The van der Waals surface area contributed by atoms with Crippen molar-refractivity contribution in [2.24, 2.45) is 0 Å². The number of anilines is 1. The highest BCUT2D eigenvalue weighted by Gasteiger charge is 2.03. The van der Waals surface area contributed by atoms with E-state index in [-0.39, 0.29) is 5.91 Å². The van der Waals surface area contributed by atoms with Crippen molar-refractivity contribution >= 4 is 23.3 Å². The number of aryl methyl sites for hydroxylation is 1. The van der Waals surface area contributed by atoms with Crippen molar-refractivity contribution in [2.75, 3.05) is 5.32 Å². The fourth-order valence-electron chi connectivity index (χ4n) is 1.93. The summed E-state index contributed by atoms with van der Waals surface area (Å²) in [6.07, 6.45) is 9.17. The van der Waals surface area contributed by atoms with E-state index in [1.54, 1.807) is 12.1 Å². The van der Waals surface area contributed by atoms with E-state index in [9.17, 15) is 4.79 Å². The van der Waals surface area contributed by atoms with Crippen LogP contribution in [0.25, 0.3) is 0 Å². The maximum absolute atomic E-state index is 11.7. The van der Waals surface area contributed by atoms with E-state index >= 15 is 0 Å². The highest BCUT2D eigenvalue weighted by Crippen LogP contribution is 2.10. The van der Waals surface area contributed by atoms with Crippen LogP contribution in [-0.2, 0) is 11.3 Å². The van der Waals surface area contributed by atoms with Gasteiger partial charge < -0.3 is 9.88 Å². The maximum Gasteiger partial charge on any atom is 0.225 e. The molecule has 0 bridgehead atoms. The molecular formula is C15H18ClN3O. The van der Waals surface area contributed by atoms with E-state index in [4.69, 9.17) is 11.6 Å². The van der Waals surface area contributed by atoms with E-state index in [1.165, 1.54) is 6.20 Å². The van der Waals surface area contributed by atoms with Gasteiger partial charge >= 0.3 is 0 Å². The Morgan fingerprint density at radius 2 is 2.00 bits per heavy atom. The first-order chi connectivity index (χ1) is 9.74. The van der Waals surface area contributed by atoms with Gasteiger partial charge in [0.25, 0.3) is 0 Å². The zero-order valence-electron chi connectivity index (χ0n) is 11.3. The summed E-state index contributed by atoms with van der Waals surface area (Å²) in [4.78, 5) is 15.7. The molecule has 0 aromatic carbocycles. The largest absolute Gasteiger partial charge is 0.354 e. The first-order valence-corrected chi connectivity index (χ1v) is 7.14. The molecule has 2 rings (SSSR count). The van der Waals surface area contributed by atoms with Crippen molar-refractivity contribution in [3.63, 3.8) is 0 Å². The predicted molar refractivity (Wildman–Crippen MR) is 80.8 cm³/mol. The Morgan fingerprint density at radius 1 is 1.20 bits per heavy atom. The molecule has 0 spiro atoms. The van der Waals surface area contributed by atoms with Crippen molar-refractivity contribution < 1.29 is 4.79 Å². The van der Waals surface area contributed by atoms with Gasteiger partial charge in [0.15, 0.2) is 0 Å². The number of carbonyl (C=O) groups is 1. The number of hydrogen-bond acceptors (Lipinski definition) is 2. The number of aromatic nitrogens is 2. The van der Waals surface area contributed by atoms with Gasteiger partial charge in [0.05, 0.1) is 5.02 Å². The van der Waals surface area contributed by atoms with Crippen LogP contribution in [0.15, 0.2) is 42.9 Å². The van der Waals surface area contributed by atoms with Crippen LogP contribution in [0.5, 0.6) is 0 Å². The van der Waals surface area contributed by atoms with Crippen molar-refractivity contribution in [1.29, 1.82) is 0 Å². The van der Waals surface area contributed by atoms with Gasteiger partial charge in [-0.1, -0.05) is 18.0 Å². The molecule has 0 atom stereocenters. The third-order valence-electron chi connectivity index (χ3n) is 2.98. The van der Waals surface area contributed by atoms with Crippen LogP contribution in [0, 0.1) is 0 Å². The number of nitrogens with zero attached hydrogens (tertiary/aromatic N) is 2. The molecular weight excluding hydrogens is 274 g/mol. The third kappa shape index (κ3) is 5.05. The molecule has 0 radical (unpaired) electrons. The summed E-state index contributed by atoms with van der Waals surface area (Å²) < 4.78 is 2.15. The van der Waals surface area contributed by atoms with Crippen LogP contribution in [0.2, 0.25) is 5.02 Å². The van der Waals surface area contributed by atoms with Gasteiger partial charge in [-0.3, -0.25) is 4.79 Å². The predicted octanol–water partition coefficient (Wildman–Crippen LogP) is 3.74. The Morgan fingerprint density at radius 3 is 2.70 bits per heavy atom. The second-order valence-corrected chi connectivity index (χ2v) is 5.08. The topological polar surface area (TPSA) is 46.9 Å². The van der Waals surface area contributed by atoms with E-state index in [2.05, 4.69) is 27.3 Å².